The van der Waals surface area contributed by atoms with Gasteiger partial charge in [-0.15, -0.1) is 0 Å². The van der Waals surface area contributed by atoms with Gasteiger partial charge < -0.3 is 20.9 Å². The van der Waals surface area contributed by atoms with E-state index in [9.17, 15) is 14.4 Å². The van der Waals surface area contributed by atoms with Crippen molar-refractivity contribution in [2.75, 3.05) is 26.2 Å². The molecule has 0 bridgehead atoms. The molecule has 0 aromatic carbocycles. The maximum Gasteiger partial charge on any atom is 0.245 e. The van der Waals surface area contributed by atoms with Crippen LogP contribution in [-0.2, 0) is 14.4 Å². The van der Waals surface area contributed by atoms with Crippen molar-refractivity contribution in [3.05, 3.63) is 0 Å². The zero-order valence-electron chi connectivity index (χ0n) is 16.5. The van der Waals surface area contributed by atoms with Crippen LogP contribution in [0.15, 0.2) is 0 Å². The Kier molecular flexibility index (Phi) is 6.73. The molecule has 0 aromatic heterocycles. The van der Waals surface area contributed by atoms with Crippen LogP contribution in [0.3, 0.4) is 0 Å². The molecule has 2 heterocycles. The Morgan fingerprint density at radius 3 is 2.44 bits per heavy atom. The van der Waals surface area contributed by atoms with Crippen molar-refractivity contribution in [3.8, 4) is 0 Å². The Morgan fingerprint density at radius 1 is 1.15 bits per heavy atom. The molecule has 2 atom stereocenters. The summed E-state index contributed by atoms with van der Waals surface area (Å²) in [6, 6.07) is -0.473. The highest BCUT2D eigenvalue weighted by Crippen LogP contribution is 2.36. The number of rotatable bonds is 8. The number of nitrogens with two attached hydrogens (primary N) is 1. The summed E-state index contributed by atoms with van der Waals surface area (Å²) in [6.45, 7) is 4.77. The van der Waals surface area contributed by atoms with Crippen LogP contribution in [0.5, 0.6) is 0 Å². The van der Waals surface area contributed by atoms with Gasteiger partial charge in [0.05, 0.1) is 6.04 Å². The van der Waals surface area contributed by atoms with E-state index in [1.807, 2.05) is 9.80 Å². The molecule has 3 rings (SSSR count). The SMILES string of the molecule is CCC[C@@H]1NCCN(C(CC2CC2)C(=O)N2CCC(CC(N)=O)CC2)C1=O. The number of carbonyl (C=O) groups is 3. The average molecular weight is 379 g/mol. The van der Waals surface area contributed by atoms with E-state index in [4.69, 9.17) is 5.73 Å². The number of primary amides is 1. The third kappa shape index (κ3) is 5.21. The number of nitrogens with one attached hydrogen (secondary N) is 1. The average Bonchev–Trinajstić information content (AvgIpc) is 3.46. The van der Waals surface area contributed by atoms with Gasteiger partial charge in [0, 0.05) is 32.6 Å². The van der Waals surface area contributed by atoms with E-state index in [2.05, 4.69) is 12.2 Å². The van der Waals surface area contributed by atoms with Crippen molar-refractivity contribution in [1.29, 1.82) is 0 Å². The molecule has 0 aromatic rings. The van der Waals surface area contributed by atoms with Crippen LogP contribution in [0, 0.1) is 11.8 Å². The number of piperazine rings is 1. The number of nitrogens with zero attached hydrogens (tertiary/aromatic N) is 2. The summed E-state index contributed by atoms with van der Waals surface area (Å²) in [4.78, 5) is 41.2. The van der Waals surface area contributed by atoms with Gasteiger partial charge in [-0.2, -0.15) is 0 Å². The van der Waals surface area contributed by atoms with Crippen LogP contribution in [0.1, 0.15) is 58.3 Å². The first kappa shape index (κ1) is 20.1. The minimum absolute atomic E-state index is 0.0886. The van der Waals surface area contributed by atoms with Gasteiger partial charge in [-0.25, -0.2) is 0 Å². The number of carbonyl (C=O) groups excluding carboxylic acids is 3. The fourth-order valence-electron chi connectivity index (χ4n) is 4.46. The number of hydrogen-bond acceptors (Lipinski definition) is 4. The predicted molar refractivity (Wildman–Crippen MR) is 103 cm³/mol. The minimum Gasteiger partial charge on any atom is -0.370 e. The van der Waals surface area contributed by atoms with Gasteiger partial charge >= 0.3 is 0 Å². The molecule has 0 radical (unpaired) electrons. The van der Waals surface area contributed by atoms with E-state index in [0.717, 1.165) is 38.6 Å². The van der Waals surface area contributed by atoms with Gasteiger partial charge in [0.1, 0.15) is 6.04 Å². The fraction of sp³-hybridized carbons (Fsp3) is 0.850. The highest BCUT2D eigenvalue weighted by Gasteiger charge is 2.41. The Labute approximate surface area is 162 Å². The first-order valence-corrected chi connectivity index (χ1v) is 10.6. The van der Waals surface area contributed by atoms with Crippen molar-refractivity contribution in [2.24, 2.45) is 17.6 Å². The van der Waals surface area contributed by atoms with Crippen LogP contribution in [0.2, 0.25) is 0 Å². The second-order valence-electron chi connectivity index (χ2n) is 8.46. The van der Waals surface area contributed by atoms with Gasteiger partial charge in [0.15, 0.2) is 0 Å². The number of likely N-dealkylation sites (tertiary alicyclic amines) is 1. The first-order valence-electron chi connectivity index (χ1n) is 10.6. The summed E-state index contributed by atoms with van der Waals surface area (Å²) in [7, 11) is 0. The molecule has 1 unspecified atom stereocenters. The number of amides is 3. The maximum atomic E-state index is 13.3. The Bertz CT molecular complexity index is 553. The maximum absolute atomic E-state index is 13.3. The second kappa shape index (κ2) is 9.04. The third-order valence-corrected chi connectivity index (χ3v) is 6.23. The summed E-state index contributed by atoms with van der Waals surface area (Å²) in [5.41, 5.74) is 5.31. The molecular formula is C20H34N4O3. The quantitative estimate of drug-likeness (QED) is 0.655. The molecule has 2 aliphatic heterocycles. The summed E-state index contributed by atoms with van der Waals surface area (Å²) in [6.07, 6.45) is 6.95. The summed E-state index contributed by atoms with van der Waals surface area (Å²) >= 11 is 0. The third-order valence-electron chi connectivity index (χ3n) is 6.23. The van der Waals surface area contributed by atoms with Crippen molar-refractivity contribution >= 4 is 17.7 Å². The molecule has 27 heavy (non-hydrogen) atoms. The second-order valence-corrected chi connectivity index (χ2v) is 8.46. The molecule has 3 aliphatic rings. The largest absolute Gasteiger partial charge is 0.370 e. The van der Waals surface area contributed by atoms with Crippen molar-refractivity contribution in [1.82, 2.24) is 15.1 Å². The predicted octanol–water partition coefficient (Wildman–Crippen LogP) is 0.870. The van der Waals surface area contributed by atoms with Crippen LogP contribution in [0.25, 0.3) is 0 Å². The number of hydrogen-bond donors (Lipinski definition) is 2. The zero-order chi connectivity index (χ0) is 19.4. The highest BCUT2D eigenvalue weighted by atomic mass is 16.2. The van der Waals surface area contributed by atoms with Gasteiger partial charge in [0.25, 0.3) is 0 Å². The fourth-order valence-corrected chi connectivity index (χ4v) is 4.46. The van der Waals surface area contributed by atoms with Crippen LogP contribution < -0.4 is 11.1 Å². The van der Waals surface area contributed by atoms with Crippen molar-refractivity contribution < 1.29 is 14.4 Å². The molecule has 7 heteroatoms. The standard InChI is InChI=1S/C20H34N4O3/c1-2-3-16-19(26)24(11-8-22-16)17(12-14-4-5-14)20(27)23-9-6-15(7-10-23)13-18(21)25/h14-17,22H,2-13H2,1H3,(H2,21,25)/t16-,17?/m0/s1. The molecule has 2 saturated heterocycles. The Balaban J connectivity index is 1.64. The molecule has 1 saturated carbocycles. The lowest BCUT2D eigenvalue weighted by Gasteiger charge is -2.41. The van der Waals surface area contributed by atoms with E-state index in [1.165, 1.54) is 12.8 Å². The van der Waals surface area contributed by atoms with Gasteiger partial charge in [-0.05, 0) is 37.5 Å². The number of piperidine rings is 1. The van der Waals surface area contributed by atoms with Crippen LogP contribution in [0.4, 0.5) is 0 Å². The summed E-state index contributed by atoms with van der Waals surface area (Å²) in [5.74, 6) is 0.789. The molecule has 3 N–H and O–H groups in total. The molecule has 3 fully saturated rings. The molecule has 7 nitrogen and oxygen atoms in total. The lowest BCUT2D eigenvalue weighted by atomic mass is 9.92. The van der Waals surface area contributed by atoms with E-state index < -0.39 is 0 Å². The molecule has 152 valence electrons. The lowest BCUT2D eigenvalue weighted by Crippen LogP contribution is -2.61. The minimum atomic E-state index is -0.320. The zero-order valence-corrected chi connectivity index (χ0v) is 16.5. The normalized spacial score (nSPS) is 25.5. The van der Waals surface area contributed by atoms with E-state index >= 15 is 0 Å². The van der Waals surface area contributed by atoms with Gasteiger partial charge in [-0.3, -0.25) is 14.4 Å². The summed E-state index contributed by atoms with van der Waals surface area (Å²) < 4.78 is 0. The van der Waals surface area contributed by atoms with E-state index in [1.54, 1.807) is 0 Å². The monoisotopic (exact) mass is 378 g/mol. The Morgan fingerprint density at radius 2 is 1.85 bits per heavy atom. The van der Waals surface area contributed by atoms with Gasteiger partial charge in [-0.1, -0.05) is 26.2 Å². The van der Waals surface area contributed by atoms with E-state index in [-0.39, 0.29) is 35.7 Å². The van der Waals surface area contributed by atoms with Crippen LogP contribution >= 0.6 is 0 Å². The van der Waals surface area contributed by atoms with Crippen molar-refractivity contribution in [2.45, 2.75) is 70.4 Å². The van der Waals surface area contributed by atoms with Gasteiger partial charge in [0.2, 0.25) is 17.7 Å². The van der Waals surface area contributed by atoms with E-state index in [0.29, 0.717) is 32.0 Å². The Hall–Kier alpha value is -1.63. The first-order chi connectivity index (χ1) is 13.0. The lowest BCUT2D eigenvalue weighted by molar-refractivity contribution is -0.150. The molecule has 1 aliphatic carbocycles. The highest BCUT2D eigenvalue weighted by molar-refractivity contribution is 5.90. The summed E-state index contributed by atoms with van der Waals surface area (Å²) in [5, 5.41) is 3.31. The molecule has 0 spiro atoms. The topological polar surface area (TPSA) is 95.7 Å². The van der Waals surface area contributed by atoms with Crippen molar-refractivity contribution in [3.63, 3.8) is 0 Å². The molecule has 3 amide bonds. The van der Waals surface area contributed by atoms with Crippen LogP contribution in [-0.4, -0.2) is 65.8 Å². The smallest absolute Gasteiger partial charge is 0.245 e. The molecular weight excluding hydrogens is 344 g/mol.